The molecule has 2 aromatic rings. The van der Waals surface area contributed by atoms with E-state index in [2.05, 4.69) is 22.8 Å². The Balaban J connectivity index is 1.58. The summed E-state index contributed by atoms with van der Waals surface area (Å²) in [6.07, 6.45) is 6.48. The summed E-state index contributed by atoms with van der Waals surface area (Å²) >= 11 is 1.87. The highest BCUT2D eigenvalue weighted by atomic mass is 32.1. The van der Waals surface area contributed by atoms with E-state index in [-0.39, 0.29) is 0 Å². The van der Waals surface area contributed by atoms with Gasteiger partial charge in [-0.25, -0.2) is 0 Å². The smallest absolute Gasteiger partial charge is 0.115 e. The maximum Gasteiger partial charge on any atom is 0.115 e. The lowest BCUT2D eigenvalue weighted by molar-refractivity contribution is 0.374. The summed E-state index contributed by atoms with van der Waals surface area (Å²) < 4.78 is 0. The molecule has 1 aliphatic carbocycles. The lowest BCUT2D eigenvalue weighted by Gasteiger charge is -2.24. The molecule has 0 spiro atoms. The van der Waals surface area contributed by atoms with Crippen molar-refractivity contribution in [2.24, 2.45) is 5.92 Å². The molecule has 0 bridgehead atoms. The number of aromatic hydroxyl groups is 1. The third-order valence-corrected chi connectivity index (χ3v) is 5.39. The molecule has 3 rings (SSSR count). The predicted molar refractivity (Wildman–Crippen MR) is 88.8 cm³/mol. The monoisotopic (exact) mass is 301 g/mol. The van der Waals surface area contributed by atoms with Crippen molar-refractivity contribution >= 4 is 11.3 Å². The lowest BCUT2D eigenvalue weighted by Crippen LogP contribution is -2.28. The Labute approximate surface area is 130 Å². The molecule has 1 fully saturated rings. The maximum atomic E-state index is 9.32. The number of hydrogen-bond acceptors (Lipinski definition) is 3. The molecule has 112 valence electrons. The molecular weight excluding hydrogens is 278 g/mol. The van der Waals surface area contributed by atoms with E-state index in [9.17, 15) is 5.11 Å². The Morgan fingerprint density at radius 2 is 1.90 bits per heavy atom. The van der Waals surface area contributed by atoms with Crippen molar-refractivity contribution in [1.82, 2.24) is 5.32 Å². The van der Waals surface area contributed by atoms with E-state index in [1.807, 2.05) is 23.5 Å². The minimum atomic E-state index is 0.342. The van der Waals surface area contributed by atoms with Gasteiger partial charge in [-0.05, 0) is 60.9 Å². The Morgan fingerprint density at radius 1 is 1.14 bits per heavy atom. The van der Waals surface area contributed by atoms with Gasteiger partial charge in [-0.1, -0.05) is 31.0 Å². The van der Waals surface area contributed by atoms with Gasteiger partial charge in [0.1, 0.15) is 5.75 Å². The molecule has 2 N–H and O–H groups in total. The summed E-state index contributed by atoms with van der Waals surface area (Å²) in [5.41, 5.74) is 1.27. The van der Waals surface area contributed by atoms with Gasteiger partial charge in [-0.15, -0.1) is 11.3 Å². The number of rotatable bonds is 6. The van der Waals surface area contributed by atoms with Crippen LogP contribution in [0.4, 0.5) is 0 Å². The van der Waals surface area contributed by atoms with E-state index in [1.54, 1.807) is 12.1 Å². The van der Waals surface area contributed by atoms with Crippen LogP contribution in [-0.4, -0.2) is 11.7 Å². The second-order valence-corrected chi connectivity index (χ2v) is 6.89. The molecule has 3 heteroatoms. The van der Waals surface area contributed by atoms with Crippen LogP contribution in [0.5, 0.6) is 5.75 Å². The van der Waals surface area contributed by atoms with Crippen molar-refractivity contribution in [2.75, 3.05) is 6.54 Å². The Morgan fingerprint density at radius 3 is 2.57 bits per heavy atom. The molecule has 0 saturated heterocycles. The Hall–Kier alpha value is -1.32. The molecule has 1 aromatic heterocycles. The van der Waals surface area contributed by atoms with E-state index in [0.717, 1.165) is 18.9 Å². The largest absolute Gasteiger partial charge is 0.508 e. The fourth-order valence-corrected chi connectivity index (χ4v) is 4.19. The highest BCUT2D eigenvalue weighted by Crippen LogP contribution is 2.37. The van der Waals surface area contributed by atoms with Crippen LogP contribution in [0.3, 0.4) is 0 Å². The zero-order chi connectivity index (χ0) is 14.5. The van der Waals surface area contributed by atoms with Gasteiger partial charge >= 0.3 is 0 Å². The van der Waals surface area contributed by atoms with E-state index in [0.29, 0.717) is 11.8 Å². The molecule has 1 atom stereocenters. The topological polar surface area (TPSA) is 32.3 Å². The van der Waals surface area contributed by atoms with Crippen LogP contribution in [0.25, 0.3) is 0 Å². The average Bonchev–Trinajstić information content (AvgIpc) is 3.19. The predicted octanol–water partition coefficient (Wildman–Crippen LogP) is 4.52. The first-order chi connectivity index (χ1) is 10.3. The zero-order valence-corrected chi connectivity index (χ0v) is 13.1. The van der Waals surface area contributed by atoms with Crippen LogP contribution in [0.2, 0.25) is 0 Å². The zero-order valence-electron chi connectivity index (χ0n) is 12.3. The van der Waals surface area contributed by atoms with E-state index < -0.39 is 0 Å². The fraction of sp³-hybridized carbons (Fsp3) is 0.444. The molecule has 0 aliphatic heterocycles. The number of hydrogen-bond donors (Lipinski definition) is 2. The van der Waals surface area contributed by atoms with Crippen molar-refractivity contribution in [3.63, 3.8) is 0 Å². The van der Waals surface area contributed by atoms with Crippen LogP contribution >= 0.6 is 11.3 Å². The van der Waals surface area contributed by atoms with Crippen molar-refractivity contribution in [3.8, 4) is 5.75 Å². The third-order valence-electron chi connectivity index (χ3n) is 4.44. The first-order valence-electron chi connectivity index (χ1n) is 7.87. The number of phenols is 1. The van der Waals surface area contributed by atoms with E-state index in [1.165, 1.54) is 36.1 Å². The quantitative estimate of drug-likeness (QED) is 0.822. The van der Waals surface area contributed by atoms with Gasteiger partial charge in [-0.3, -0.25) is 0 Å². The minimum absolute atomic E-state index is 0.342. The van der Waals surface area contributed by atoms with Crippen LogP contribution in [-0.2, 0) is 6.42 Å². The average molecular weight is 301 g/mol. The van der Waals surface area contributed by atoms with Crippen molar-refractivity contribution in [1.29, 1.82) is 0 Å². The van der Waals surface area contributed by atoms with E-state index in [4.69, 9.17) is 0 Å². The number of thiophene rings is 1. The summed E-state index contributed by atoms with van der Waals surface area (Å²) in [4.78, 5) is 1.48. The van der Waals surface area contributed by atoms with Crippen molar-refractivity contribution < 1.29 is 5.11 Å². The summed E-state index contributed by atoms with van der Waals surface area (Å²) in [6.45, 7) is 0.990. The first-order valence-corrected chi connectivity index (χ1v) is 8.75. The number of benzene rings is 1. The SMILES string of the molecule is Oc1ccc(CCNC(c2cccs2)C2CCCC2)cc1. The summed E-state index contributed by atoms with van der Waals surface area (Å²) in [5, 5.41) is 15.3. The molecule has 1 unspecified atom stereocenters. The molecule has 2 nitrogen and oxygen atoms in total. The second kappa shape index (κ2) is 7.10. The molecule has 1 saturated carbocycles. The molecule has 1 aliphatic rings. The second-order valence-electron chi connectivity index (χ2n) is 5.91. The summed E-state index contributed by atoms with van der Waals surface area (Å²) in [6, 6.07) is 12.5. The van der Waals surface area contributed by atoms with Gasteiger partial charge in [0, 0.05) is 10.9 Å². The highest BCUT2D eigenvalue weighted by Gasteiger charge is 2.26. The third kappa shape index (κ3) is 3.86. The fourth-order valence-electron chi connectivity index (χ4n) is 3.29. The first kappa shape index (κ1) is 14.6. The molecular formula is C18H23NOS. The molecule has 0 radical (unpaired) electrons. The standard InChI is InChI=1S/C18H23NOS/c20-16-9-7-14(8-10-16)11-12-19-18(15-4-1-2-5-15)17-6-3-13-21-17/h3,6-10,13,15,18-20H,1-2,4-5,11-12H2. The van der Waals surface area contributed by atoms with Crippen LogP contribution < -0.4 is 5.32 Å². The number of phenolic OH excluding ortho intramolecular Hbond substituents is 1. The van der Waals surface area contributed by atoms with Gasteiger partial charge in [0.2, 0.25) is 0 Å². The van der Waals surface area contributed by atoms with Crippen LogP contribution in [0.15, 0.2) is 41.8 Å². The van der Waals surface area contributed by atoms with Gasteiger partial charge in [0.05, 0.1) is 0 Å². The molecule has 1 aromatic carbocycles. The van der Waals surface area contributed by atoms with Crippen molar-refractivity contribution in [2.45, 2.75) is 38.1 Å². The van der Waals surface area contributed by atoms with Gasteiger partial charge in [0.15, 0.2) is 0 Å². The Kier molecular flexibility index (Phi) is 4.94. The summed E-state index contributed by atoms with van der Waals surface area (Å²) in [5.74, 6) is 1.14. The van der Waals surface area contributed by atoms with Gasteiger partial charge < -0.3 is 10.4 Å². The number of nitrogens with one attached hydrogen (secondary N) is 1. The van der Waals surface area contributed by atoms with Crippen LogP contribution in [0, 0.1) is 5.92 Å². The summed E-state index contributed by atoms with van der Waals surface area (Å²) in [7, 11) is 0. The van der Waals surface area contributed by atoms with Gasteiger partial charge in [0.25, 0.3) is 0 Å². The van der Waals surface area contributed by atoms with Crippen molar-refractivity contribution in [3.05, 3.63) is 52.2 Å². The molecule has 0 amide bonds. The molecule has 1 heterocycles. The van der Waals surface area contributed by atoms with Crippen LogP contribution in [0.1, 0.15) is 42.2 Å². The van der Waals surface area contributed by atoms with E-state index >= 15 is 0 Å². The molecule has 21 heavy (non-hydrogen) atoms. The maximum absolute atomic E-state index is 9.32. The van der Waals surface area contributed by atoms with Gasteiger partial charge in [-0.2, -0.15) is 0 Å². The minimum Gasteiger partial charge on any atom is -0.508 e. The highest BCUT2D eigenvalue weighted by molar-refractivity contribution is 7.10. The lowest BCUT2D eigenvalue weighted by atomic mass is 9.96. The Bertz CT molecular complexity index is 529. The normalized spacial score (nSPS) is 17.1.